The molecule has 0 heterocycles. The highest BCUT2D eigenvalue weighted by atomic mass is 16.5. The number of rotatable bonds is 22. The van der Waals surface area contributed by atoms with Gasteiger partial charge in [-0.05, 0) is 19.3 Å². The summed E-state index contributed by atoms with van der Waals surface area (Å²) in [6.07, 6.45) is 17.6. The number of hydrogen-bond donors (Lipinski definition) is 2. The van der Waals surface area contributed by atoms with Gasteiger partial charge in [-0.2, -0.15) is 0 Å². The number of carboxylic acids is 1. The fraction of sp³-hybridized carbons (Fsp3) is 0.920. The van der Waals surface area contributed by atoms with Crippen LogP contribution in [0.1, 0.15) is 129 Å². The Morgan fingerprint density at radius 2 is 1.20 bits per heavy atom. The van der Waals surface area contributed by atoms with Gasteiger partial charge in [0, 0.05) is 6.42 Å². The zero-order valence-electron chi connectivity index (χ0n) is 19.7. The maximum Gasteiger partial charge on any atom is 0.306 e. The molecule has 178 valence electrons. The molecule has 0 aromatic rings. The molecule has 0 aliphatic carbocycles. The van der Waals surface area contributed by atoms with E-state index >= 15 is 0 Å². The molecule has 2 N–H and O–H groups in total. The Labute approximate surface area is 185 Å². The van der Waals surface area contributed by atoms with Crippen LogP contribution in [-0.4, -0.2) is 34.9 Å². The first-order chi connectivity index (χ1) is 14.5. The number of esters is 1. The van der Waals surface area contributed by atoms with Crippen molar-refractivity contribution in [3.05, 3.63) is 0 Å². The Bertz CT molecular complexity index is 410. The van der Waals surface area contributed by atoms with Gasteiger partial charge in [0.15, 0.2) is 0 Å². The second-order valence-electron chi connectivity index (χ2n) is 8.74. The van der Waals surface area contributed by atoms with E-state index in [0.717, 1.165) is 38.5 Å². The largest absolute Gasteiger partial charge is 0.481 e. The van der Waals surface area contributed by atoms with Crippen LogP contribution >= 0.6 is 0 Å². The molecule has 0 saturated heterocycles. The van der Waals surface area contributed by atoms with Crippen molar-refractivity contribution in [2.45, 2.75) is 136 Å². The Kier molecular flexibility index (Phi) is 20.4. The quantitative estimate of drug-likeness (QED) is 0.149. The van der Waals surface area contributed by atoms with Crippen LogP contribution < -0.4 is 0 Å². The smallest absolute Gasteiger partial charge is 0.306 e. The Balaban J connectivity index is 3.78. The lowest BCUT2D eigenvalue weighted by Crippen LogP contribution is -2.25. The predicted molar refractivity (Wildman–Crippen MR) is 123 cm³/mol. The first kappa shape index (κ1) is 28.9. The van der Waals surface area contributed by atoms with Crippen molar-refractivity contribution in [1.29, 1.82) is 0 Å². The first-order valence-corrected chi connectivity index (χ1v) is 12.6. The molecule has 0 spiro atoms. The number of unbranched alkanes of at least 4 members (excludes halogenated alkanes) is 13. The summed E-state index contributed by atoms with van der Waals surface area (Å²) in [5.41, 5.74) is 0. The van der Waals surface area contributed by atoms with Crippen LogP contribution in [0.2, 0.25) is 0 Å². The van der Waals surface area contributed by atoms with E-state index < -0.39 is 18.0 Å². The van der Waals surface area contributed by atoms with Crippen molar-refractivity contribution in [2.24, 2.45) is 5.92 Å². The van der Waals surface area contributed by atoms with Crippen LogP contribution in [0.15, 0.2) is 0 Å². The summed E-state index contributed by atoms with van der Waals surface area (Å²) in [6, 6.07) is 0. The topological polar surface area (TPSA) is 83.8 Å². The zero-order chi connectivity index (χ0) is 22.5. The number of aliphatic hydroxyl groups is 1. The maximum absolute atomic E-state index is 11.8. The summed E-state index contributed by atoms with van der Waals surface area (Å²) in [4.78, 5) is 23.3. The minimum Gasteiger partial charge on any atom is -0.481 e. The third-order valence-corrected chi connectivity index (χ3v) is 5.73. The van der Waals surface area contributed by atoms with Gasteiger partial charge in [0.05, 0.1) is 12.0 Å². The van der Waals surface area contributed by atoms with Crippen LogP contribution in [0, 0.1) is 5.92 Å². The molecule has 2 unspecified atom stereocenters. The van der Waals surface area contributed by atoms with Gasteiger partial charge in [-0.3, -0.25) is 9.59 Å². The minimum absolute atomic E-state index is 0.101. The lowest BCUT2D eigenvalue weighted by Gasteiger charge is -2.17. The van der Waals surface area contributed by atoms with Crippen molar-refractivity contribution >= 4 is 11.9 Å². The van der Waals surface area contributed by atoms with E-state index in [0.29, 0.717) is 12.8 Å². The summed E-state index contributed by atoms with van der Waals surface area (Å²) in [5, 5.41) is 19.5. The van der Waals surface area contributed by atoms with Crippen molar-refractivity contribution in [3.63, 3.8) is 0 Å². The monoisotopic (exact) mass is 428 g/mol. The van der Waals surface area contributed by atoms with Gasteiger partial charge in [-0.15, -0.1) is 0 Å². The summed E-state index contributed by atoms with van der Waals surface area (Å²) < 4.78 is 5.14. The number of carbonyl (C=O) groups excluding carboxylic acids is 1. The fourth-order valence-corrected chi connectivity index (χ4v) is 3.75. The highest BCUT2D eigenvalue weighted by molar-refractivity contribution is 5.70. The molecule has 0 radical (unpaired) electrons. The molecule has 5 nitrogen and oxygen atoms in total. The van der Waals surface area contributed by atoms with E-state index in [1.807, 2.05) is 0 Å². The predicted octanol–water partition coefficient (Wildman–Crippen LogP) is 6.65. The number of hydrogen-bond acceptors (Lipinski definition) is 4. The van der Waals surface area contributed by atoms with Crippen LogP contribution in [-0.2, 0) is 14.3 Å². The minimum atomic E-state index is -0.904. The third-order valence-electron chi connectivity index (χ3n) is 5.73. The van der Waals surface area contributed by atoms with E-state index in [2.05, 4.69) is 13.8 Å². The zero-order valence-corrected chi connectivity index (χ0v) is 19.7. The number of carbonyl (C=O) groups is 2. The number of ether oxygens (including phenoxy) is 1. The van der Waals surface area contributed by atoms with Crippen molar-refractivity contribution in [2.75, 3.05) is 6.61 Å². The van der Waals surface area contributed by atoms with Gasteiger partial charge in [-0.1, -0.05) is 104 Å². The molecule has 0 saturated carbocycles. The lowest BCUT2D eigenvalue weighted by atomic mass is 9.95. The molecule has 0 amide bonds. The van der Waals surface area contributed by atoms with E-state index in [4.69, 9.17) is 4.74 Å². The van der Waals surface area contributed by atoms with Gasteiger partial charge >= 0.3 is 11.9 Å². The molecule has 0 aromatic heterocycles. The normalized spacial score (nSPS) is 13.2. The van der Waals surface area contributed by atoms with Crippen LogP contribution in [0.3, 0.4) is 0 Å². The molecular weight excluding hydrogens is 380 g/mol. The summed E-state index contributed by atoms with van der Waals surface area (Å²) in [5.74, 6) is -1.73. The van der Waals surface area contributed by atoms with Crippen LogP contribution in [0.25, 0.3) is 0 Å². The SMILES string of the molecule is CCCCCCCCCCC(=O)OCC(O)CC(CCCCCCCCC)C(=O)O. The molecular formula is C25H48O5. The molecule has 0 fully saturated rings. The first-order valence-electron chi connectivity index (χ1n) is 12.6. The van der Waals surface area contributed by atoms with E-state index in [1.165, 1.54) is 57.8 Å². The highest BCUT2D eigenvalue weighted by Gasteiger charge is 2.22. The maximum atomic E-state index is 11.8. The average Bonchev–Trinajstić information content (AvgIpc) is 2.72. The summed E-state index contributed by atoms with van der Waals surface area (Å²) in [6.45, 7) is 4.30. The third kappa shape index (κ3) is 18.9. The molecule has 0 aromatic carbocycles. The van der Waals surface area contributed by atoms with Crippen molar-refractivity contribution < 1.29 is 24.5 Å². The Hall–Kier alpha value is -1.10. The van der Waals surface area contributed by atoms with Crippen molar-refractivity contribution in [1.82, 2.24) is 0 Å². The molecule has 30 heavy (non-hydrogen) atoms. The lowest BCUT2D eigenvalue weighted by molar-refractivity contribution is -0.148. The summed E-state index contributed by atoms with van der Waals surface area (Å²) in [7, 11) is 0. The van der Waals surface area contributed by atoms with E-state index in [1.54, 1.807) is 0 Å². The van der Waals surface area contributed by atoms with Gasteiger partial charge in [0.25, 0.3) is 0 Å². The van der Waals surface area contributed by atoms with Gasteiger partial charge in [0.1, 0.15) is 6.61 Å². The highest BCUT2D eigenvalue weighted by Crippen LogP contribution is 2.18. The molecule has 0 bridgehead atoms. The Morgan fingerprint density at radius 1 is 0.733 bits per heavy atom. The standard InChI is InChI=1S/C25H48O5/c1-3-5-7-9-11-13-15-17-19-24(27)30-21-23(26)20-22(25(28)29)18-16-14-12-10-8-6-4-2/h22-23,26H,3-21H2,1-2H3,(H,28,29). The fourth-order valence-electron chi connectivity index (χ4n) is 3.75. The number of aliphatic carboxylic acids is 1. The number of aliphatic hydroxyl groups excluding tert-OH is 1. The average molecular weight is 429 g/mol. The van der Waals surface area contributed by atoms with E-state index in [-0.39, 0.29) is 19.0 Å². The van der Waals surface area contributed by atoms with Gasteiger partial charge < -0.3 is 14.9 Å². The second-order valence-corrected chi connectivity index (χ2v) is 8.74. The van der Waals surface area contributed by atoms with Crippen molar-refractivity contribution in [3.8, 4) is 0 Å². The van der Waals surface area contributed by atoms with E-state index in [9.17, 15) is 19.8 Å². The van der Waals surface area contributed by atoms with Crippen LogP contribution in [0.4, 0.5) is 0 Å². The molecule has 2 atom stereocenters. The van der Waals surface area contributed by atoms with Gasteiger partial charge in [0.2, 0.25) is 0 Å². The second kappa shape index (κ2) is 21.1. The Morgan fingerprint density at radius 3 is 1.70 bits per heavy atom. The molecule has 0 rings (SSSR count). The molecule has 5 heteroatoms. The molecule has 0 aliphatic heterocycles. The van der Waals surface area contributed by atoms with Gasteiger partial charge in [-0.25, -0.2) is 0 Å². The summed E-state index contributed by atoms with van der Waals surface area (Å²) >= 11 is 0. The molecule has 0 aliphatic rings. The number of carboxylic acid groups (broad SMARTS) is 1. The van der Waals surface area contributed by atoms with Crippen LogP contribution in [0.5, 0.6) is 0 Å².